The van der Waals surface area contributed by atoms with Gasteiger partial charge in [-0.05, 0) is 43.9 Å². The van der Waals surface area contributed by atoms with Crippen LogP contribution in [0, 0.1) is 16.7 Å². The Morgan fingerprint density at radius 1 is 1.43 bits per heavy atom. The van der Waals surface area contributed by atoms with Gasteiger partial charge in [-0.2, -0.15) is 11.8 Å². The molecule has 14 heavy (non-hydrogen) atoms. The minimum Gasteiger partial charge on any atom is -0.316 e. The van der Waals surface area contributed by atoms with E-state index in [2.05, 4.69) is 32.5 Å². The third-order valence-corrected chi connectivity index (χ3v) is 5.98. The van der Waals surface area contributed by atoms with E-state index >= 15 is 0 Å². The second kappa shape index (κ2) is 3.41. The van der Waals surface area contributed by atoms with Gasteiger partial charge in [0.15, 0.2) is 0 Å². The van der Waals surface area contributed by atoms with Crippen LogP contribution in [0.1, 0.15) is 33.1 Å². The summed E-state index contributed by atoms with van der Waals surface area (Å²) in [5, 5.41) is 3.56. The van der Waals surface area contributed by atoms with Crippen molar-refractivity contribution in [1.82, 2.24) is 5.32 Å². The van der Waals surface area contributed by atoms with E-state index in [0.29, 0.717) is 10.8 Å². The van der Waals surface area contributed by atoms with Crippen molar-refractivity contribution in [2.24, 2.45) is 16.7 Å². The average Bonchev–Trinajstić information content (AvgIpc) is 2.51. The highest BCUT2D eigenvalue weighted by Crippen LogP contribution is 2.66. The zero-order valence-electron chi connectivity index (χ0n) is 9.89. The molecule has 2 bridgehead atoms. The summed E-state index contributed by atoms with van der Waals surface area (Å²) < 4.78 is 0. The van der Waals surface area contributed by atoms with Crippen LogP contribution in [0.2, 0.25) is 0 Å². The average molecular weight is 213 g/mol. The molecule has 0 heterocycles. The van der Waals surface area contributed by atoms with Gasteiger partial charge in [0.05, 0.1) is 0 Å². The van der Waals surface area contributed by atoms with Crippen LogP contribution in [0.5, 0.6) is 0 Å². The summed E-state index contributed by atoms with van der Waals surface area (Å²) in [6, 6.07) is 0.767. The van der Waals surface area contributed by atoms with Crippen molar-refractivity contribution in [2.45, 2.75) is 39.2 Å². The van der Waals surface area contributed by atoms with Crippen LogP contribution in [-0.2, 0) is 0 Å². The number of nitrogens with one attached hydrogen (secondary N) is 1. The molecule has 2 heteroatoms. The van der Waals surface area contributed by atoms with Gasteiger partial charge >= 0.3 is 0 Å². The summed E-state index contributed by atoms with van der Waals surface area (Å²) in [6.45, 7) is 5.00. The van der Waals surface area contributed by atoms with E-state index in [9.17, 15) is 0 Å². The summed E-state index contributed by atoms with van der Waals surface area (Å²) in [5.74, 6) is 2.30. The molecule has 0 saturated heterocycles. The quantitative estimate of drug-likeness (QED) is 0.773. The molecule has 2 saturated carbocycles. The highest BCUT2D eigenvalue weighted by atomic mass is 32.2. The third kappa shape index (κ3) is 1.13. The highest BCUT2D eigenvalue weighted by molar-refractivity contribution is 7.98. The molecule has 0 unspecified atom stereocenters. The van der Waals surface area contributed by atoms with Crippen LogP contribution >= 0.6 is 11.8 Å². The molecule has 3 atom stereocenters. The normalized spacial score (nSPS) is 44.6. The number of hydrogen-bond acceptors (Lipinski definition) is 2. The van der Waals surface area contributed by atoms with E-state index in [1.807, 2.05) is 11.8 Å². The van der Waals surface area contributed by atoms with Crippen molar-refractivity contribution in [2.75, 3.05) is 19.1 Å². The molecule has 0 aromatic heterocycles. The van der Waals surface area contributed by atoms with Crippen LogP contribution in [0.3, 0.4) is 0 Å². The zero-order valence-corrected chi connectivity index (χ0v) is 10.7. The Kier molecular flexibility index (Phi) is 2.64. The van der Waals surface area contributed by atoms with Crippen molar-refractivity contribution >= 4 is 11.8 Å². The summed E-state index contributed by atoms with van der Waals surface area (Å²) in [7, 11) is 2.14. The molecule has 2 rings (SSSR count). The Morgan fingerprint density at radius 2 is 2.14 bits per heavy atom. The largest absolute Gasteiger partial charge is 0.316 e. The van der Waals surface area contributed by atoms with E-state index in [-0.39, 0.29) is 0 Å². The Labute approximate surface area is 92.4 Å². The van der Waals surface area contributed by atoms with Gasteiger partial charge in [-0.25, -0.2) is 0 Å². The molecule has 0 aromatic carbocycles. The predicted octanol–water partition coefficient (Wildman–Crippen LogP) is 2.76. The molecule has 82 valence electrons. The molecule has 0 radical (unpaired) electrons. The molecule has 2 aliphatic carbocycles. The number of hydrogen-bond donors (Lipinski definition) is 1. The lowest BCUT2D eigenvalue weighted by Crippen LogP contribution is -2.47. The molecule has 0 spiro atoms. The first-order valence-corrected chi connectivity index (χ1v) is 7.14. The number of thioether (sulfide) groups is 1. The molecular weight excluding hydrogens is 190 g/mol. The van der Waals surface area contributed by atoms with Crippen molar-refractivity contribution in [3.8, 4) is 0 Å². The summed E-state index contributed by atoms with van der Waals surface area (Å²) >= 11 is 2.03. The van der Waals surface area contributed by atoms with Gasteiger partial charge in [-0.1, -0.05) is 13.8 Å². The van der Waals surface area contributed by atoms with Gasteiger partial charge in [0, 0.05) is 17.2 Å². The van der Waals surface area contributed by atoms with E-state index in [1.54, 1.807) is 0 Å². The Balaban J connectivity index is 2.30. The minimum atomic E-state index is 0.559. The van der Waals surface area contributed by atoms with E-state index in [4.69, 9.17) is 0 Å². The second-order valence-electron chi connectivity index (χ2n) is 5.62. The third-order valence-electron chi connectivity index (χ3n) is 5.18. The van der Waals surface area contributed by atoms with Crippen LogP contribution in [-0.4, -0.2) is 25.1 Å². The van der Waals surface area contributed by atoms with E-state index in [0.717, 1.165) is 12.0 Å². The summed E-state index contributed by atoms with van der Waals surface area (Å²) in [5.41, 5.74) is 1.13. The van der Waals surface area contributed by atoms with Crippen molar-refractivity contribution in [3.63, 3.8) is 0 Å². The monoisotopic (exact) mass is 213 g/mol. The topological polar surface area (TPSA) is 12.0 Å². The smallest absolute Gasteiger partial charge is 0.0136 e. The fourth-order valence-electron chi connectivity index (χ4n) is 4.08. The van der Waals surface area contributed by atoms with Crippen molar-refractivity contribution in [1.29, 1.82) is 0 Å². The van der Waals surface area contributed by atoms with Gasteiger partial charge in [0.1, 0.15) is 0 Å². The van der Waals surface area contributed by atoms with Gasteiger partial charge in [-0.3, -0.25) is 0 Å². The maximum atomic E-state index is 3.56. The molecule has 1 N–H and O–H groups in total. The fraction of sp³-hybridized carbons (Fsp3) is 1.00. The molecule has 0 aromatic rings. The van der Waals surface area contributed by atoms with Gasteiger partial charge in [0.25, 0.3) is 0 Å². The first-order chi connectivity index (χ1) is 6.58. The maximum absolute atomic E-state index is 3.56. The predicted molar refractivity (Wildman–Crippen MR) is 64.8 cm³/mol. The van der Waals surface area contributed by atoms with Crippen LogP contribution in [0.15, 0.2) is 0 Å². The van der Waals surface area contributed by atoms with Crippen LogP contribution in [0.4, 0.5) is 0 Å². The highest BCUT2D eigenvalue weighted by Gasteiger charge is 2.62. The van der Waals surface area contributed by atoms with Gasteiger partial charge in [-0.15, -0.1) is 0 Å². The molecule has 2 aliphatic rings. The Bertz CT molecular complexity index is 226. The second-order valence-corrected chi connectivity index (χ2v) is 6.49. The zero-order chi connectivity index (χ0) is 10.4. The van der Waals surface area contributed by atoms with Crippen molar-refractivity contribution in [3.05, 3.63) is 0 Å². The Morgan fingerprint density at radius 3 is 2.64 bits per heavy atom. The lowest BCUT2D eigenvalue weighted by molar-refractivity contribution is 0.131. The van der Waals surface area contributed by atoms with Crippen LogP contribution < -0.4 is 5.32 Å². The van der Waals surface area contributed by atoms with E-state index in [1.165, 1.54) is 25.0 Å². The van der Waals surface area contributed by atoms with Gasteiger partial charge in [0.2, 0.25) is 0 Å². The summed E-state index contributed by atoms with van der Waals surface area (Å²) in [6.07, 6.45) is 6.57. The van der Waals surface area contributed by atoms with Crippen LogP contribution in [0.25, 0.3) is 0 Å². The molecule has 0 aliphatic heterocycles. The van der Waals surface area contributed by atoms with Crippen molar-refractivity contribution < 1.29 is 0 Å². The maximum Gasteiger partial charge on any atom is 0.0136 e. The lowest BCUT2D eigenvalue weighted by atomic mass is 9.69. The lowest BCUT2D eigenvalue weighted by Gasteiger charge is -2.42. The minimum absolute atomic E-state index is 0.559. The standard InChI is InChI=1S/C12H23NS/c1-11(2)9-5-6-12(11,8-14-4)10(7-9)13-3/h9-10,13H,5-8H2,1-4H3/t9-,10-,12-/m1/s1. The molecule has 1 nitrogen and oxygen atoms in total. The summed E-state index contributed by atoms with van der Waals surface area (Å²) in [4.78, 5) is 0. The SMILES string of the molecule is CN[C@@H]1C[C@H]2CC[C@]1(CSC)C2(C)C. The Hall–Kier alpha value is 0.310. The number of fused-ring (bicyclic) bond motifs is 2. The molecule has 0 amide bonds. The number of rotatable bonds is 3. The first-order valence-electron chi connectivity index (χ1n) is 5.74. The first kappa shape index (κ1) is 10.8. The fourth-order valence-corrected chi connectivity index (χ4v) is 5.31. The molecular formula is C12H23NS. The molecule has 2 fully saturated rings. The van der Waals surface area contributed by atoms with E-state index < -0.39 is 0 Å². The van der Waals surface area contributed by atoms with Gasteiger partial charge < -0.3 is 5.32 Å².